The van der Waals surface area contributed by atoms with E-state index in [4.69, 9.17) is 30.2 Å². The molecule has 4 rings (SSSR count). The molecule has 0 unspecified atom stereocenters. The topological polar surface area (TPSA) is 87.0 Å². The van der Waals surface area contributed by atoms with Gasteiger partial charge in [0, 0.05) is 16.8 Å². The van der Waals surface area contributed by atoms with Crippen molar-refractivity contribution < 1.29 is 36.6 Å². The maximum Gasteiger partial charge on any atom is 0.453 e. The van der Waals surface area contributed by atoms with Gasteiger partial charge in [-0.25, -0.2) is 0 Å². The summed E-state index contributed by atoms with van der Waals surface area (Å²) in [5.74, 6) is -3.07. The van der Waals surface area contributed by atoms with Gasteiger partial charge in [0.1, 0.15) is 11.3 Å². The molecule has 0 aliphatic carbocycles. The van der Waals surface area contributed by atoms with Gasteiger partial charge in [-0.3, -0.25) is 9.59 Å². The second kappa shape index (κ2) is 10.8. The Morgan fingerprint density at radius 3 is 2.46 bits per heavy atom. The van der Waals surface area contributed by atoms with Gasteiger partial charge in [0.05, 0.1) is 12.0 Å². The summed E-state index contributed by atoms with van der Waals surface area (Å²) in [6.07, 6.45) is -5.04. The molecule has 0 atom stereocenters. The van der Waals surface area contributed by atoms with Crippen molar-refractivity contribution in [3.63, 3.8) is 0 Å². The van der Waals surface area contributed by atoms with Crippen molar-refractivity contribution >= 4 is 34.2 Å². The minimum Gasteiger partial charge on any atom is -0.490 e. The van der Waals surface area contributed by atoms with Gasteiger partial charge in [0.25, 0.3) is 11.7 Å². The van der Waals surface area contributed by atoms with Gasteiger partial charge in [-0.2, -0.15) is 13.2 Å². The number of amides is 1. The molecule has 0 aliphatic heterocycles. The molecule has 1 heterocycles. The van der Waals surface area contributed by atoms with E-state index in [1.165, 1.54) is 36.4 Å². The van der Waals surface area contributed by atoms with Crippen LogP contribution in [0.1, 0.15) is 12.7 Å². The molecule has 3 aromatic carbocycles. The molecule has 4 aromatic rings. The summed E-state index contributed by atoms with van der Waals surface area (Å²) in [6, 6.07) is 16.1. The molecule has 7 nitrogen and oxygen atoms in total. The summed E-state index contributed by atoms with van der Waals surface area (Å²) < 4.78 is 62.8. The third-order valence-electron chi connectivity index (χ3n) is 4.92. The number of hydrogen-bond acceptors (Lipinski definition) is 6. The van der Waals surface area contributed by atoms with Gasteiger partial charge in [-0.15, -0.1) is 0 Å². The first kappa shape index (κ1) is 25.9. The fraction of sp³-hybridized carbons (Fsp3) is 0.154. The maximum absolute atomic E-state index is 13.9. The number of carbonyl (C=O) groups is 1. The summed E-state index contributed by atoms with van der Waals surface area (Å²) in [5.41, 5.74) is -0.987. The number of nitrogens with one attached hydrogen (secondary N) is 1. The number of rotatable bonds is 8. The molecular formula is C26H19ClF3NO6. The van der Waals surface area contributed by atoms with E-state index in [0.29, 0.717) is 10.7 Å². The minimum atomic E-state index is -5.04. The largest absolute Gasteiger partial charge is 0.490 e. The predicted molar refractivity (Wildman–Crippen MR) is 131 cm³/mol. The monoisotopic (exact) mass is 533 g/mol. The lowest BCUT2D eigenvalue weighted by Crippen LogP contribution is -2.20. The smallest absolute Gasteiger partial charge is 0.453 e. The van der Waals surface area contributed by atoms with Crippen molar-refractivity contribution in [2.24, 2.45) is 0 Å². The molecule has 0 saturated heterocycles. The zero-order chi connectivity index (χ0) is 26.6. The lowest BCUT2D eigenvalue weighted by atomic mass is 10.2. The molecule has 0 fully saturated rings. The minimum absolute atomic E-state index is 0.0142. The predicted octanol–water partition coefficient (Wildman–Crippen LogP) is 6.67. The molecule has 0 bridgehead atoms. The molecule has 11 heteroatoms. The van der Waals surface area contributed by atoms with Crippen molar-refractivity contribution in [1.29, 1.82) is 0 Å². The quantitative estimate of drug-likeness (QED) is 0.272. The van der Waals surface area contributed by atoms with Crippen LogP contribution in [0.5, 0.6) is 23.0 Å². The highest BCUT2D eigenvalue weighted by molar-refractivity contribution is 6.30. The van der Waals surface area contributed by atoms with Crippen LogP contribution in [-0.2, 0) is 11.0 Å². The lowest BCUT2D eigenvalue weighted by Gasteiger charge is -2.15. The number of ether oxygens (including phenoxy) is 3. The summed E-state index contributed by atoms with van der Waals surface area (Å²) in [7, 11) is 0. The van der Waals surface area contributed by atoms with Crippen molar-refractivity contribution in [2.75, 3.05) is 18.5 Å². The number of para-hydroxylation sites is 2. The Labute approximate surface area is 213 Å². The number of hydrogen-bond donors (Lipinski definition) is 1. The van der Waals surface area contributed by atoms with Gasteiger partial charge >= 0.3 is 6.18 Å². The summed E-state index contributed by atoms with van der Waals surface area (Å²) in [4.78, 5) is 25.2. The number of carbonyl (C=O) groups excluding carboxylic acids is 1. The molecule has 1 N–H and O–H groups in total. The number of halogens is 4. The summed E-state index contributed by atoms with van der Waals surface area (Å²) in [6.45, 7) is 1.48. The van der Waals surface area contributed by atoms with Crippen molar-refractivity contribution in [3.05, 3.63) is 87.7 Å². The fourth-order valence-corrected chi connectivity index (χ4v) is 3.55. The van der Waals surface area contributed by atoms with Crippen LogP contribution in [0, 0.1) is 0 Å². The normalized spacial score (nSPS) is 11.3. The van der Waals surface area contributed by atoms with Crippen LogP contribution in [0.25, 0.3) is 11.0 Å². The van der Waals surface area contributed by atoms with Gasteiger partial charge in [0.15, 0.2) is 18.1 Å². The van der Waals surface area contributed by atoms with E-state index in [9.17, 15) is 22.8 Å². The van der Waals surface area contributed by atoms with E-state index in [-0.39, 0.29) is 29.2 Å². The average molecular weight is 534 g/mol. The van der Waals surface area contributed by atoms with Crippen LogP contribution in [0.3, 0.4) is 0 Å². The highest BCUT2D eigenvalue weighted by atomic mass is 35.5. The van der Waals surface area contributed by atoms with Gasteiger partial charge in [-0.05, 0) is 49.4 Å². The molecule has 0 spiro atoms. The van der Waals surface area contributed by atoms with E-state index >= 15 is 0 Å². The van der Waals surface area contributed by atoms with Crippen LogP contribution in [0.15, 0.2) is 75.9 Å². The number of alkyl halides is 3. The van der Waals surface area contributed by atoms with Crippen LogP contribution in [0.2, 0.25) is 5.02 Å². The Kier molecular flexibility index (Phi) is 7.58. The van der Waals surface area contributed by atoms with Crippen molar-refractivity contribution in [3.8, 4) is 23.0 Å². The van der Waals surface area contributed by atoms with Crippen LogP contribution < -0.4 is 25.0 Å². The van der Waals surface area contributed by atoms with Gasteiger partial charge in [-0.1, -0.05) is 29.8 Å². The molecule has 37 heavy (non-hydrogen) atoms. The molecule has 0 radical (unpaired) electrons. The average Bonchev–Trinajstić information content (AvgIpc) is 2.85. The molecule has 0 aliphatic rings. The van der Waals surface area contributed by atoms with Gasteiger partial charge < -0.3 is 23.9 Å². The second-order valence-electron chi connectivity index (χ2n) is 7.57. The molecule has 1 aromatic heterocycles. The number of benzene rings is 3. The number of anilines is 1. The van der Waals surface area contributed by atoms with Crippen LogP contribution in [-0.4, -0.2) is 19.1 Å². The van der Waals surface area contributed by atoms with Crippen molar-refractivity contribution in [1.82, 2.24) is 0 Å². The summed E-state index contributed by atoms with van der Waals surface area (Å²) >= 11 is 5.88. The Bertz CT molecular complexity index is 1500. The standard InChI is InChI=1S/C26H19ClF3NO6/c1-2-34-19-8-3-4-9-20(19)36-24-23(33)18-11-10-17(13-21(18)37-25(24)26(28,29)30)35-14-22(32)31-16-7-5-6-15(27)12-16/h3-13H,2,14H2,1H3,(H,31,32). The third-order valence-corrected chi connectivity index (χ3v) is 5.15. The first-order valence-corrected chi connectivity index (χ1v) is 11.3. The molecule has 192 valence electrons. The molecular weight excluding hydrogens is 515 g/mol. The highest BCUT2D eigenvalue weighted by Gasteiger charge is 2.40. The Balaban J connectivity index is 1.62. The third kappa shape index (κ3) is 6.15. The second-order valence-corrected chi connectivity index (χ2v) is 8.01. The molecule has 0 saturated carbocycles. The Morgan fingerprint density at radius 1 is 1.00 bits per heavy atom. The van der Waals surface area contributed by atoms with Crippen molar-refractivity contribution in [2.45, 2.75) is 13.1 Å². The van der Waals surface area contributed by atoms with Crippen LogP contribution >= 0.6 is 11.6 Å². The zero-order valence-corrected chi connectivity index (χ0v) is 20.0. The first-order chi connectivity index (χ1) is 17.7. The highest BCUT2D eigenvalue weighted by Crippen LogP contribution is 2.40. The Morgan fingerprint density at radius 2 is 1.76 bits per heavy atom. The van der Waals surface area contributed by atoms with Crippen LogP contribution in [0.4, 0.5) is 18.9 Å². The molecule has 1 amide bonds. The lowest BCUT2D eigenvalue weighted by molar-refractivity contribution is -0.154. The van der Waals surface area contributed by atoms with E-state index in [0.717, 1.165) is 6.07 Å². The van der Waals surface area contributed by atoms with E-state index in [2.05, 4.69) is 5.32 Å². The SMILES string of the molecule is CCOc1ccccc1Oc1c(C(F)(F)F)oc2cc(OCC(=O)Nc3cccc(Cl)c3)ccc2c1=O. The number of fused-ring (bicyclic) bond motifs is 1. The summed E-state index contributed by atoms with van der Waals surface area (Å²) in [5, 5.41) is 2.83. The fourth-order valence-electron chi connectivity index (χ4n) is 3.36. The Hall–Kier alpha value is -4.18. The first-order valence-electron chi connectivity index (χ1n) is 10.9. The zero-order valence-electron chi connectivity index (χ0n) is 19.2. The van der Waals surface area contributed by atoms with Gasteiger partial charge in [0.2, 0.25) is 11.2 Å². The maximum atomic E-state index is 13.9. The van der Waals surface area contributed by atoms with E-state index in [1.54, 1.807) is 31.2 Å². The van der Waals surface area contributed by atoms with E-state index in [1.807, 2.05) is 0 Å². The van der Waals surface area contributed by atoms with E-state index < -0.39 is 41.2 Å².